The van der Waals surface area contributed by atoms with Gasteiger partial charge in [0.05, 0.1) is 0 Å². The third-order valence-electron chi connectivity index (χ3n) is 2.47. The molecule has 0 aliphatic carbocycles. The second-order valence-electron chi connectivity index (χ2n) is 3.80. The summed E-state index contributed by atoms with van der Waals surface area (Å²) in [6.07, 6.45) is 0. The molecule has 0 atom stereocenters. The smallest absolute Gasteiger partial charge is 0.128 e. The summed E-state index contributed by atoms with van der Waals surface area (Å²) >= 11 is 1.43. The molecule has 2 rings (SSSR count). The highest BCUT2D eigenvalue weighted by atomic mass is 32.2. The van der Waals surface area contributed by atoms with Crippen LogP contribution in [0.15, 0.2) is 52.3 Å². The maximum absolute atomic E-state index is 13.7. The van der Waals surface area contributed by atoms with Crippen molar-refractivity contribution in [2.24, 2.45) is 0 Å². The molecule has 0 bridgehead atoms. The Morgan fingerprint density at radius 1 is 1.06 bits per heavy atom. The van der Waals surface area contributed by atoms with Crippen LogP contribution in [0.25, 0.3) is 0 Å². The van der Waals surface area contributed by atoms with Crippen molar-refractivity contribution in [3.05, 3.63) is 59.7 Å². The van der Waals surface area contributed by atoms with Crippen LogP contribution >= 0.6 is 11.8 Å². The van der Waals surface area contributed by atoms with E-state index in [1.165, 1.54) is 30.0 Å². The second-order valence-corrected chi connectivity index (χ2v) is 4.92. The van der Waals surface area contributed by atoms with E-state index in [2.05, 4.69) is 5.32 Å². The molecule has 0 fully saturated rings. The van der Waals surface area contributed by atoms with Crippen LogP contribution in [-0.4, -0.2) is 7.05 Å². The lowest BCUT2D eigenvalue weighted by molar-refractivity contribution is 0.593. The fourth-order valence-corrected chi connectivity index (χ4v) is 2.58. The number of hydrogen-bond donors (Lipinski definition) is 1. The van der Waals surface area contributed by atoms with Gasteiger partial charge in [0.2, 0.25) is 0 Å². The first kappa shape index (κ1) is 13.1. The van der Waals surface area contributed by atoms with Gasteiger partial charge in [0.25, 0.3) is 0 Å². The molecule has 0 saturated heterocycles. The van der Waals surface area contributed by atoms with E-state index in [0.29, 0.717) is 12.1 Å². The lowest BCUT2D eigenvalue weighted by atomic mass is 10.2. The van der Waals surface area contributed by atoms with Gasteiger partial charge in [0.1, 0.15) is 11.6 Å². The van der Waals surface area contributed by atoms with Gasteiger partial charge < -0.3 is 5.32 Å². The normalized spacial score (nSPS) is 10.6. The average molecular weight is 265 g/mol. The standard InChI is InChI=1S/C14H13F2NS/c1-17-9-12-13(16)3-2-4-14(12)18-11-7-5-10(15)6-8-11/h2-8,17H,9H2,1H3. The number of halogens is 2. The zero-order chi connectivity index (χ0) is 13.0. The molecule has 0 heterocycles. The third kappa shape index (κ3) is 3.09. The molecule has 0 aliphatic rings. The Kier molecular flexibility index (Phi) is 4.33. The van der Waals surface area contributed by atoms with Gasteiger partial charge in [-0.15, -0.1) is 0 Å². The minimum Gasteiger partial charge on any atom is -0.316 e. The predicted octanol–water partition coefficient (Wildman–Crippen LogP) is 3.84. The summed E-state index contributed by atoms with van der Waals surface area (Å²) in [6.45, 7) is 0.468. The Bertz CT molecular complexity index is 526. The molecule has 4 heteroatoms. The minimum absolute atomic E-state index is 0.225. The molecule has 0 radical (unpaired) electrons. The summed E-state index contributed by atoms with van der Waals surface area (Å²) in [6, 6.07) is 11.2. The fraction of sp³-hybridized carbons (Fsp3) is 0.143. The van der Waals surface area contributed by atoms with Crippen LogP contribution in [0.1, 0.15) is 5.56 Å². The molecule has 18 heavy (non-hydrogen) atoms. The van der Waals surface area contributed by atoms with Crippen LogP contribution in [-0.2, 0) is 6.54 Å². The highest BCUT2D eigenvalue weighted by Crippen LogP contribution is 2.31. The average Bonchev–Trinajstić information content (AvgIpc) is 2.36. The molecule has 94 valence electrons. The van der Waals surface area contributed by atoms with Crippen molar-refractivity contribution in [2.45, 2.75) is 16.3 Å². The molecular formula is C14H13F2NS. The van der Waals surface area contributed by atoms with Crippen molar-refractivity contribution in [1.29, 1.82) is 0 Å². The molecule has 0 saturated carbocycles. The quantitative estimate of drug-likeness (QED) is 0.901. The zero-order valence-corrected chi connectivity index (χ0v) is 10.7. The van der Waals surface area contributed by atoms with Crippen molar-refractivity contribution in [3.8, 4) is 0 Å². The van der Waals surface area contributed by atoms with Gasteiger partial charge in [0, 0.05) is 21.9 Å². The molecule has 0 aromatic heterocycles. The summed E-state index contributed by atoms with van der Waals surface area (Å²) in [5, 5.41) is 2.95. The first-order chi connectivity index (χ1) is 8.70. The largest absolute Gasteiger partial charge is 0.316 e. The molecule has 2 aromatic rings. The van der Waals surface area contributed by atoms with Crippen LogP contribution in [0.3, 0.4) is 0 Å². The highest BCUT2D eigenvalue weighted by Gasteiger charge is 2.08. The van der Waals surface area contributed by atoms with Crippen molar-refractivity contribution < 1.29 is 8.78 Å². The number of benzene rings is 2. The number of hydrogen-bond acceptors (Lipinski definition) is 2. The molecule has 0 amide bonds. The van der Waals surface area contributed by atoms with Gasteiger partial charge in [0.15, 0.2) is 0 Å². The minimum atomic E-state index is -0.269. The summed E-state index contributed by atoms with van der Waals surface area (Å²) in [7, 11) is 1.78. The molecule has 0 aliphatic heterocycles. The highest BCUT2D eigenvalue weighted by molar-refractivity contribution is 7.99. The number of rotatable bonds is 4. The summed E-state index contributed by atoms with van der Waals surface area (Å²) in [5.41, 5.74) is 0.634. The fourth-order valence-electron chi connectivity index (χ4n) is 1.61. The van der Waals surface area contributed by atoms with Crippen LogP contribution < -0.4 is 5.32 Å². The van der Waals surface area contributed by atoms with Gasteiger partial charge in [-0.25, -0.2) is 8.78 Å². The van der Waals surface area contributed by atoms with Crippen molar-refractivity contribution in [1.82, 2.24) is 5.32 Å². The predicted molar refractivity (Wildman–Crippen MR) is 69.7 cm³/mol. The Hall–Kier alpha value is -1.39. The van der Waals surface area contributed by atoms with Crippen LogP contribution in [0.2, 0.25) is 0 Å². The zero-order valence-electron chi connectivity index (χ0n) is 9.91. The maximum Gasteiger partial charge on any atom is 0.128 e. The van der Waals surface area contributed by atoms with E-state index in [1.54, 1.807) is 25.2 Å². The van der Waals surface area contributed by atoms with Crippen LogP contribution in [0.5, 0.6) is 0 Å². The van der Waals surface area contributed by atoms with E-state index in [9.17, 15) is 8.78 Å². The van der Waals surface area contributed by atoms with Crippen molar-refractivity contribution in [2.75, 3.05) is 7.05 Å². The lowest BCUT2D eigenvalue weighted by Crippen LogP contribution is -2.08. The van der Waals surface area contributed by atoms with E-state index in [1.807, 2.05) is 6.07 Å². The first-order valence-corrected chi connectivity index (χ1v) is 6.38. The summed E-state index contributed by atoms with van der Waals surface area (Å²) in [5.74, 6) is -0.495. The van der Waals surface area contributed by atoms with E-state index in [-0.39, 0.29) is 11.6 Å². The molecule has 2 aromatic carbocycles. The van der Waals surface area contributed by atoms with Crippen LogP contribution in [0, 0.1) is 11.6 Å². The molecule has 1 N–H and O–H groups in total. The molecule has 0 spiro atoms. The van der Waals surface area contributed by atoms with E-state index in [0.717, 1.165) is 9.79 Å². The topological polar surface area (TPSA) is 12.0 Å². The SMILES string of the molecule is CNCc1c(F)cccc1Sc1ccc(F)cc1. The van der Waals surface area contributed by atoms with Gasteiger partial charge in [-0.1, -0.05) is 17.8 Å². The van der Waals surface area contributed by atoms with E-state index < -0.39 is 0 Å². The monoisotopic (exact) mass is 265 g/mol. The van der Waals surface area contributed by atoms with Crippen molar-refractivity contribution >= 4 is 11.8 Å². The lowest BCUT2D eigenvalue weighted by Gasteiger charge is -2.09. The Morgan fingerprint density at radius 2 is 1.78 bits per heavy atom. The van der Waals surface area contributed by atoms with Gasteiger partial charge in [-0.2, -0.15) is 0 Å². The third-order valence-corrected chi connectivity index (χ3v) is 3.58. The summed E-state index contributed by atoms with van der Waals surface area (Å²) in [4.78, 5) is 1.73. The molecular weight excluding hydrogens is 252 g/mol. The molecule has 0 unspecified atom stereocenters. The Labute approximate surface area is 109 Å². The van der Waals surface area contributed by atoms with Gasteiger partial charge >= 0.3 is 0 Å². The van der Waals surface area contributed by atoms with E-state index in [4.69, 9.17) is 0 Å². The Balaban J connectivity index is 2.28. The van der Waals surface area contributed by atoms with Crippen molar-refractivity contribution in [3.63, 3.8) is 0 Å². The maximum atomic E-state index is 13.7. The van der Waals surface area contributed by atoms with E-state index >= 15 is 0 Å². The van der Waals surface area contributed by atoms with Crippen LogP contribution in [0.4, 0.5) is 8.78 Å². The van der Waals surface area contributed by atoms with Gasteiger partial charge in [-0.3, -0.25) is 0 Å². The summed E-state index contributed by atoms with van der Waals surface area (Å²) < 4.78 is 26.5. The second kappa shape index (κ2) is 5.98. The number of nitrogens with one attached hydrogen (secondary N) is 1. The Morgan fingerprint density at radius 3 is 2.44 bits per heavy atom. The first-order valence-electron chi connectivity index (χ1n) is 5.56. The van der Waals surface area contributed by atoms with Gasteiger partial charge in [-0.05, 0) is 43.4 Å². The molecule has 1 nitrogen and oxygen atoms in total.